The third-order valence-corrected chi connectivity index (χ3v) is 2.85. The second-order valence-electron chi connectivity index (χ2n) is 4.50. The number of rotatable bonds is 2. The molecular formula is C11H18O3. The molecule has 0 spiro atoms. The Hall–Kier alpha value is -0.860. The van der Waals surface area contributed by atoms with Crippen LogP contribution in [0.15, 0.2) is 0 Å². The van der Waals surface area contributed by atoms with E-state index >= 15 is 0 Å². The molecule has 1 aliphatic rings. The summed E-state index contributed by atoms with van der Waals surface area (Å²) in [6.45, 7) is 6.03. The highest BCUT2D eigenvalue weighted by Gasteiger charge is 2.38. The summed E-state index contributed by atoms with van der Waals surface area (Å²) in [4.78, 5) is 22.9. The average Bonchev–Trinajstić information content (AvgIpc) is 2.10. The normalized spacial score (nSPS) is 25.9. The Morgan fingerprint density at radius 3 is 2.71 bits per heavy atom. The number of hydrogen-bond acceptors (Lipinski definition) is 3. The molecule has 14 heavy (non-hydrogen) atoms. The third-order valence-electron chi connectivity index (χ3n) is 2.85. The van der Waals surface area contributed by atoms with Gasteiger partial charge in [-0.05, 0) is 19.8 Å². The van der Waals surface area contributed by atoms with Crippen molar-refractivity contribution in [2.75, 3.05) is 6.61 Å². The molecule has 0 aromatic rings. The molecule has 0 aliphatic heterocycles. The van der Waals surface area contributed by atoms with Crippen LogP contribution in [-0.2, 0) is 14.3 Å². The molecule has 1 atom stereocenters. The van der Waals surface area contributed by atoms with Gasteiger partial charge in [-0.2, -0.15) is 0 Å². The lowest BCUT2D eigenvalue weighted by Crippen LogP contribution is -2.36. The topological polar surface area (TPSA) is 43.4 Å². The summed E-state index contributed by atoms with van der Waals surface area (Å²) in [5.74, 6) is 0.0359. The Morgan fingerprint density at radius 1 is 1.57 bits per heavy atom. The van der Waals surface area contributed by atoms with Crippen molar-refractivity contribution in [1.82, 2.24) is 0 Å². The van der Waals surface area contributed by atoms with Crippen molar-refractivity contribution in [1.29, 1.82) is 0 Å². The van der Waals surface area contributed by atoms with E-state index in [0.29, 0.717) is 25.9 Å². The zero-order valence-corrected chi connectivity index (χ0v) is 9.13. The molecule has 0 N–H and O–H groups in total. The first-order chi connectivity index (χ1) is 6.47. The van der Waals surface area contributed by atoms with Gasteiger partial charge in [-0.1, -0.05) is 13.8 Å². The molecule has 0 bridgehead atoms. The molecule has 3 nitrogen and oxygen atoms in total. The Labute approximate surface area is 84.8 Å². The predicted molar refractivity (Wildman–Crippen MR) is 52.8 cm³/mol. The summed E-state index contributed by atoms with van der Waals surface area (Å²) < 4.78 is 4.96. The van der Waals surface area contributed by atoms with Crippen molar-refractivity contribution in [3.63, 3.8) is 0 Å². The molecule has 1 fully saturated rings. The minimum absolute atomic E-state index is 0.0809. The maximum absolute atomic E-state index is 11.5. The highest BCUT2D eigenvalue weighted by atomic mass is 16.5. The first-order valence-corrected chi connectivity index (χ1v) is 5.17. The van der Waals surface area contributed by atoms with Crippen LogP contribution in [0.2, 0.25) is 0 Å². The Kier molecular flexibility index (Phi) is 3.29. The third kappa shape index (κ3) is 2.34. The summed E-state index contributed by atoms with van der Waals surface area (Å²) in [7, 11) is 0. The maximum Gasteiger partial charge on any atom is 0.308 e. The van der Waals surface area contributed by atoms with E-state index < -0.39 is 0 Å². The van der Waals surface area contributed by atoms with E-state index in [1.54, 1.807) is 6.92 Å². The van der Waals surface area contributed by atoms with Gasteiger partial charge in [-0.25, -0.2) is 0 Å². The fourth-order valence-corrected chi connectivity index (χ4v) is 1.94. The van der Waals surface area contributed by atoms with E-state index in [1.807, 2.05) is 13.8 Å². The summed E-state index contributed by atoms with van der Waals surface area (Å²) >= 11 is 0. The van der Waals surface area contributed by atoms with E-state index in [2.05, 4.69) is 0 Å². The van der Waals surface area contributed by atoms with Crippen molar-refractivity contribution in [3.05, 3.63) is 0 Å². The first kappa shape index (κ1) is 11.2. The zero-order chi connectivity index (χ0) is 10.8. The van der Waals surface area contributed by atoms with Crippen LogP contribution < -0.4 is 0 Å². The number of ketones is 1. The van der Waals surface area contributed by atoms with Gasteiger partial charge in [-0.15, -0.1) is 0 Å². The molecule has 0 aromatic heterocycles. The van der Waals surface area contributed by atoms with Gasteiger partial charge in [0, 0.05) is 11.8 Å². The number of hydrogen-bond donors (Lipinski definition) is 0. The molecule has 0 unspecified atom stereocenters. The number of esters is 1. The minimum Gasteiger partial charge on any atom is -0.466 e. The fraction of sp³-hybridized carbons (Fsp3) is 0.818. The van der Waals surface area contributed by atoms with Gasteiger partial charge in [0.15, 0.2) is 0 Å². The Balaban J connectivity index is 2.59. The van der Waals surface area contributed by atoms with E-state index in [0.717, 1.165) is 0 Å². The standard InChI is InChI=1S/C11H18O3/c1-4-14-10(13)8-5-6-9(12)11(2,3)7-8/h8H,4-7H2,1-3H3/t8-/m1/s1. The quantitative estimate of drug-likeness (QED) is 0.637. The molecule has 1 saturated carbocycles. The maximum atomic E-state index is 11.5. The van der Waals surface area contributed by atoms with Crippen LogP contribution in [0.5, 0.6) is 0 Å². The van der Waals surface area contributed by atoms with Crippen molar-refractivity contribution in [3.8, 4) is 0 Å². The van der Waals surface area contributed by atoms with E-state index in [9.17, 15) is 9.59 Å². The van der Waals surface area contributed by atoms with E-state index in [1.165, 1.54) is 0 Å². The SMILES string of the molecule is CCOC(=O)[C@@H]1CCC(=O)C(C)(C)C1. The van der Waals surface area contributed by atoms with Crippen LogP contribution >= 0.6 is 0 Å². The molecular weight excluding hydrogens is 180 g/mol. The largest absolute Gasteiger partial charge is 0.466 e. The molecule has 80 valence electrons. The molecule has 0 aromatic carbocycles. The van der Waals surface area contributed by atoms with Crippen molar-refractivity contribution < 1.29 is 14.3 Å². The van der Waals surface area contributed by atoms with Crippen LogP contribution in [-0.4, -0.2) is 18.4 Å². The lowest BCUT2D eigenvalue weighted by molar-refractivity contribution is -0.152. The van der Waals surface area contributed by atoms with Crippen molar-refractivity contribution >= 4 is 11.8 Å². The lowest BCUT2D eigenvalue weighted by Gasteiger charge is -2.32. The van der Waals surface area contributed by atoms with Crippen molar-refractivity contribution in [2.45, 2.75) is 40.0 Å². The number of carbonyl (C=O) groups is 2. The van der Waals surface area contributed by atoms with E-state index in [4.69, 9.17) is 4.74 Å². The molecule has 3 heteroatoms. The van der Waals surface area contributed by atoms with Gasteiger partial charge in [0.05, 0.1) is 12.5 Å². The molecule has 0 radical (unpaired) electrons. The Morgan fingerprint density at radius 2 is 2.21 bits per heavy atom. The summed E-state index contributed by atoms with van der Waals surface area (Å²) in [6.07, 6.45) is 1.79. The van der Waals surface area contributed by atoms with Gasteiger partial charge >= 0.3 is 5.97 Å². The van der Waals surface area contributed by atoms with Gasteiger partial charge < -0.3 is 4.74 Å². The second kappa shape index (κ2) is 4.11. The van der Waals surface area contributed by atoms with Gasteiger partial charge in [-0.3, -0.25) is 9.59 Å². The van der Waals surface area contributed by atoms with Gasteiger partial charge in [0.25, 0.3) is 0 Å². The van der Waals surface area contributed by atoms with Gasteiger partial charge in [0.1, 0.15) is 5.78 Å². The summed E-state index contributed by atoms with van der Waals surface area (Å²) in [5.41, 5.74) is -0.352. The number of Topliss-reactive ketones (excluding diaryl/α,β-unsaturated/α-hetero) is 1. The molecule has 0 saturated heterocycles. The highest BCUT2D eigenvalue weighted by Crippen LogP contribution is 2.36. The molecule has 1 aliphatic carbocycles. The zero-order valence-electron chi connectivity index (χ0n) is 9.13. The number of ether oxygens (including phenoxy) is 1. The highest BCUT2D eigenvalue weighted by molar-refractivity contribution is 5.87. The van der Waals surface area contributed by atoms with Crippen LogP contribution in [0.1, 0.15) is 40.0 Å². The number of carbonyl (C=O) groups excluding carboxylic acids is 2. The van der Waals surface area contributed by atoms with Crippen LogP contribution in [0.3, 0.4) is 0 Å². The van der Waals surface area contributed by atoms with Crippen LogP contribution in [0.4, 0.5) is 0 Å². The summed E-state index contributed by atoms with van der Waals surface area (Å²) in [5, 5.41) is 0. The monoisotopic (exact) mass is 198 g/mol. The predicted octanol–water partition coefficient (Wildman–Crippen LogP) is 1.94. The smallest absolute Gasteiger partial charge is 0.308 e. The minimum atomic E-state index is -0.352. The second-order valence-corrected chi connectivity index (χ2v) is 4.50. The van der Waals surface area contributed by atoms with Crippen molar-refractivity contribution in [2.24, 2.45) is 11.3 Å². The van der Waals surface area contributed by atoms with Gasteiger partial charge in [0.2, 0.25) is 0 Å². The van der Waals surface area contributed by atoms with Crippen LogP contribution in [0, 0.1) is 11.3 Å². The molecule has 0 amide bonds. The lowest BCUT2D eigenvalue weighted by atomic mass is 9.71. The molecule has 1 rings (SSSR count). The average molecular weight is 198 g/mol. The first-order valence-electron chi connectivity index (χ1n) is 5.17. The fourth-order valence-electron chi connectivity index (χ4n) is 1.94. The summed E-state index contributed by atoms with van der Waals surface area (Å²) in [6, 6.07) is 0. The van der Waals surface area contributed by atoms with E-state index in [-0.39, 0.29) is 23.1 Å². The molecule has 0 heterocycles. The van der Waals surface area contributed by atoms with Crippen LogP contribution in [0.25, 0.3) is 0 Å². The Bertz CT molecular complexity index is 243.